The molecule has 2 aliphatic carbocycles. The normalized spacial score (nSPS) is 15.6. The number of fused-ring (bicyclic) bond motifs is 2. The average Bonchev–Trinajstić information content (AvgIpc) is 3.72. The van der Waals surface area contributed by atoms with E-state index >= 15 is 0 Å². The highest BCUT2D eigenvalue weighted by molar-refractivity contribution is 6.43. The lowest BCUT2D eigenvalue weighted by molar-refractivity contribution is -0.132. The molecule has 0 aliphatic heterocycles. The maximum atomic E-state index is 12.4. The first-order valence-corrected chi connectivity index (χ1v) is 11.3. The van der Waals surface area contributed by atoms with E-state index in [0.29, 0.717) is 58.5 Å². The molecule has 10 nitrogen and oxygen atoms in total. The zero-order valence-electron chi connectivity index (χ0n) is 18.2. The maximum Gasteiger partial charge on any atom is 0.419 e. The van der Waals surface area contributed by atoms with Crippen LogP contribution in [0.1, 0.15) is 25.7 Å². The molecule has 2 aromatic carbocycles. The van der Waals surface area contributed by atoms with Crippen LogP contribution in [0.25, 0.3) is 22.2 Å². The fourth-order valence-corrected chi connectivity index (χ4v) is 4.13. The quantitative estimate of drug-likeness (QED) is 0.424. The molecule has 2 aliphatic rings. The molecule has 34 heavy (non-hydrogen) atoms. The van der Waals surface area contributed by atoms with Gasteiger partial charge in [0.25, 0.3) is 0 Å². The molecule has 2 heterocycles. The summed E-state index contributed by atoms with van der Waals surface area (Å²) in [4.78, 5) is 49.1. The molecule has 4 aromatic rings. The number of carbonyl (C=O) groups is 2. The minimum atomic E-state index is -0.882. The highest BCUT2D eigenvalue weighted by atomic mass is 16.4. The Balaban J connectivity index is 1.15. The highest BCUT2D eigenvalue weighted by Crippen LogP contribution is 2.32. The van der Waals surface area contributed by atoms with Gasteiger partial charge in [0.1, 0.15) is 0 Å². The molecule has 2 fully saturated rings. The van der Waals surface area contributed by atoms with Crippen LogP contribution in [0, 0.1) is 11.8 Å². The summed E-state index contributed by atoms with van der Waals surface area (Å²) in [5.74, 6) is -1.62. The highest BCUT2D eigenvalue weighted by Gasteiger charge is 2.25. The molecule has 10 heteroatoms. The predicted molar refractivity (Wildman–Crippen MR) is 124 cm³/mol. The second-order valence-electron chi connectivity index (χ2n) is 9.12. The number of oxazole rings is 2. The number of rotatable bonds is 6. The molecule has 0 radical (unpaired) electrons. The third kappa shape index (κ3) is 3.91. The van der Waals surface area contributed by atoms with Gasteiger partial charge < -0.3 is 19.5 Å². The number of hydrogen-bond donors (Lipinski definition) is 2. The zero-order chi connectivity index (χ0) is 23.4. The Morgan fingerprint density at radius 3 is 1.53 bits per heavy atom. The van der Waals surface area contributed by atoms with Crippen molar-refractivity contribution < 1.29 is 18.4 Å². The van der Waals surface area contributed by atoms with Crippen molar-refractivity contribution in [2.75, 3.05) is 10.6 Å². The third-order valence-corrected chi connectivity index (χ3v) is 6.33. The lowest BCUT2D eigenvalue weighted by Crippen LogP contribution is -2.29. The molecule has 0 atom stereocenters. The van der Waals surface area contributed by atoms with E-state index in [1.807, 2.05) is 0 Å². The third-order valence-electron chi connectivity index (χ3n) is 6.33. The van der Waals surface area contributed by atoms with Gasteiger partial charge >= 0.3 is 23.3 Å². The molecule has 2 N–H and O–H groups in total. The number of benzene rings is 2. The Morgan fingerprint density at radius 1 is 0.735 bits per heavy atom. The fraction of sp³-hybridized carbons (Fsp3) is 0.333. The van der Waals surface area contributed by atoms with E-state index in [4.69, 9.17) is 8.83 Å². The molecule has 6 rings (SSSR count). The average molecular weight is 462 g/mol. The second kappa shape index (κ2) is 7.75. The van der Waals surface area contributed by atoms with Crippen LogP contribution in [0.5, 0.6) is 0 Å². The smallest absolute Gasteiger partial charge is 0.408 e. The fourth-order valence-electron chi connectivity index (χ4n) is 4.13. The number of nitrogens with zero attached hydrogens (tertiary/aromatic N) is 2. The number of nitrogens with one attached hydrogen (secondary N) is 2. The van der Waals surface area contributed by atoms with E-state index < -0.39 is 23.3 Å². The van der Waals surface area contributed by atoms with Crippen molar-refractivity contribution in [1.29, 1.82) is 0 Å². The molecule has 0 spiro atoms. The zero-order valence-corrected chi connectivity index (χ0v) is 18.2. The molecule has 2 saturated carbocycles. The molecular weight excluding hydrogens is 440 g/mol. The minimum Gasteiger partial charge on any atom is -0.408 e. The Labute approximate surface area is 192 Å². The predicted octanol–water partition coefficient (Wildman–Crippen LogP) is 2.90. The summed E-state index contributed by atoms with van der Waals surface area (Å²) in [6.07, 6.45) is 4.42. The number of carbonyl (C=O) groups excluding carboxylic acids is 2. The number of amides is 2. The van der Waals surface area contributed by atoms with Crippen LogP contribution in [0.4, 0.5) is 11.4 Å². The first-order chi connectivity index (χ1) is 16.4. The Kier molecular flexibility index (Phi) is 4.68. The van der Waals surface area contributed by atoms with Gasteiger partial charge in [-0.2, -0.15) is 0 Å². The van der Waals surface area contributed by atoms with E-state index in [1.165, 1.54) is 12.1 Å². The molecule has 0 bridgehead atoms. The van der Waals surface area contributed by atoms with Crippen LogP contribution in [0.3, 0.4) is 0 Å². The number of anilines is 2. The van der Waals surface area contributed by atoms with Gasteiger partial charge in [-0.3, -0.25) is 18.7 Å². The SMILES string of the molecule is O=C(Nc1ccc2c(c1)oc(=O)n2CC1CC1)C(=O)Nc1ccc2c(c1)oc(=O)n2CC1CC1. The van der Waals surface area contributed by atoms with Gasteiger partial charge in [-0.25, -0.2) is 9.59 Å². The molecule has 2 amide bonds. The lowest BCUT2D eigenvalue weighted by atomic mass is 10.2. The Hall–Kier alpha value is -4.08. The van der Waals surface area contributed by atoms with Crippen molar-refractivity contribution in [2.24, 2.45) is 11.8 Å². The summed E-state index contributed by atoms with van der Waals surface area (Å²) in [5.41, 5.74) is 2.67. The van der Waals surface area contributed by atoms with E-state index in [-0.39, 0.29) is 0 Å². The molecular formula is C24H22N4O6. The minimum absolute atomic E-state index is 0.332. The van der Waals surface area contributed by atoms with Gasteiger partial charge in [-0.05, 0) is 61.8 Å². The van der Waals surface area contributed by atoms with Gasteiger partial charge in [0, 0.05) is 36.6 Å². The number of aromatic nitrogens is 2. The summed E-state index contributed by atoms with van der Waals surface area (Å²) >= 11 is 0. The lowest BCUT2D eigenvalue weighted by Gasteiger charge is -2.07. The van der Waals surface area contributed by atoms with E-state index in [1.54, 1.807) is 33.4 Å². The van der Waals surface area contributed by atoms with E-state index in [0.717, 1.165) is 25.7 Å². The van der Waals surface area contributed by atoms with Gasteiger partial charge in [0.05, 0.1) is 11.0 Å². The van der Waals surface area contributed by atoms with E-state index in [9.17, 15) is 19.2 Å². The van der Waals surface area contributed by atoms with E-state index in [2.05, 4.69) is 10.6 Å². The standard InChI is InChI=1S/C24H22N4O6/c29-21(25-15-5-7-17-19(9-15)33-23(31)27(17)11-13-1-2-13)22(30)26-16-6-8-18-20(10-16)34-24(32)28(18)12-14-3-4-14/h5-10,13-14H,1-4,11-12H2,(H,25,29)(H,26,30). The monoisotopic (exact) mass is 462 g/mol. The van der Waals surface area contributed by atoms with Crippen LogP contribution in [-0.2, 0) is 22.7 Å². The van der Waals surface area contributed by atoms with Gasteiger partial charge in [-0.1, -0.05) is 0 Å². The Morgan fingerprint density at radius 2 is 1.15 bits per heavy atom. The van der Waals surface area contributed by atoms with Crippen LogP contribution >= 0.6 is 0 Å². The van der Waals surface area contributed by atoms with Crippen molar-refractivity contribution in [3.8, 4) is 0 Å². The largest absolute Gasteiger partial charge is 0.419 e. The molecule has 174 valence electrons. The summed E-state index contributed by atoms with van der Waals surface area (Å²) < 4.78 is 13.8. The van der Waals surface area contributed by atoms with Gasteiger partial charge in [0.15, 0.2) is 11.2 Å². The topological polar surface area (TPSA) is 128 Å². The summed E-state index contributed by atoms with van der Waals surface area (Å²) in [6.45, 7) is 1.24. The van der Waals surface area contributed by atoms with Crippen molar-refractivity contribution in [2.45, 2.75) is 38.8 Å². The van der Waals surface area contributed by atoms with Crippen molar-refractivity contribution in [3.63, 3.8) is 0 Å². The second-order valence-corrected chi connectivity index (χ2v) is 9.12. The number of hydrogen-bond acceptors (Lipinski definition) is 6. The Bertz CT molecular complexity index is 1450. The first kappa shape index (κ1) is 20.5. The van der Waals surface area contributed by atoms with Crippen LogP contribution < -0.4 is 22.1 Å². The van der Waals surface area contributed by atoms with Gasteiger partial charge in [0.2, 0.25) is 0 Å². The maximum absolute atomic E-state index is 12.4. The van der Waals surface area contributed by atoms with Crippen molar-refractivity contribution >= 4 is 45.4 Å². The van der Waals surface area contributed by atoms with Crippen LogP contribution in [0.2, 0.25) is 0 Å². The van der Waals surface area contributed by atoms with Crippen LogP contribution in [0.15, 0.2) is 54.8 Å². The molecule has 0 unspecified atom stereocenters. The van der Waals surface area contributed by atoms with Crippen LogP contribution in [-0.4, -0.2) is 20.9 Å². The summed E-state index contributed by atoms with van der Waals surface area (Å²) in [7, 11) is 0. The van der Waals surface area contributed by atoms with Crippen molar-refractivity contribution in [3.05, 3.63) is 57.5 Å². The molecule has 0 saturated heterocycles. The summed E-state index contributed by atoms with van der Waals surface area (Å²) in [5, 5.41) is 5.03. The van der Waals surface area contributed by atoms with Crippen molar-refractivity contribution in [1.82, 2.24) is 9.13 Å². The molecule has 2 aromatic heterocycles. The van der Waals surface area contributed by atoms with Gasteiger partial charge in [-0.15, -0.1) is 0 Å². The summed E-state index contributed by atoms with van der Waals surface area (Å²) in [6, 6.07) is 9.67. The first-order valence-electron chi connectivity index (χ1n) is 11.3.